The van der Waals surface area contributed by atoms with Gasteiger partial charge in [-0.05, 0) is 57.4 Å². The summed E-state index contributed by atoms with van der Waals surface area (Å²) >= 11 is 0. The van der Waals surface area contributed by atoms with Crippen LogP contribution in [0.5, 0.6) is 0 Å². The second kappa shape index (κ2) is 23.4. The lowest BCUT2D eigenvalue weighted by molar-refractivity contribution is -0.146. The zero-order valence-electron chi connectivity index (χ0n) is 39.7. The quantitative estimate of drug-likeness (QED) is 0.106. The van der Waals surface area contributed by atoms with Crippen LogP contribution in [0.3, 0.4) is 0 Å². The van der Waals surface area contributed by atoms with Gasteiger partial charge in [0.2, 0.25) is 11.8 Å². The van der Waals surface area contributed by atoms with Crippen LogP contribution in [0.15, 0.2) is 35.3 Å². The van der Waals surface area contributed by atoms with E-state index in [1.165, 1.54) is 7.11 Å². The lowest BCUT2D eigenvalue weighted by Gasteiger charge is -2.41. The smallest absolute Gasteiger partial charge is 0.410 e. The van der Waals surface area contributed by atoms with E-state index >= 15 is 0 Å². The van der Waals surface area contributed by atoms with E-state index in [2.05, 4.69) is 4.90 Å². The Balaban J connectivity index is 1.81. The number of nitrogens with zero attached hydrogens (tertiary/aromatic N) is 6. The van der Waals surface area contributed by atoms with Crippen LogP contribution in [0, 0.1) is 17.8 Å². The SMILES string of the molecule is CC[C@H](C)[C@@H]([C@@H](CC(=O)N1CCC[C@H]1[C@H](OC)[C@@H](C)C(=O)C[C@@H](Cc1ccccc1)P(=O)(O)O)OC)N(C)C(=O)[C@@H](N=C(N(C)C)N1CCN(C(=O)OC(C)(C)C)CC1)C(C)C. The molecule has 17 heteroatoms. The van der Waals surface area contributed by atoms with Gasteiger partial charge in [0.15, 0.2) is 5.96 Å². The van der Waals surface area contributed by atoms with Gasteiger partial charge in [-0.1, -0.05) is 71.4 Å². The highest BCUT2D eigenvalue weighted by Crippen LogP contribution is 2.45. The van der Waals surface area contributed by atoms with Gasteiger partial charge in [0.25, 0.3) is 0 Å². The molecule has 2 N–H and O–H groups in total. The summed E-state index contributed by atoms with van der Waals surface area (Å²) in [4.78, 5) is 90.1. The normalized spacial score (nSPS) is 20.0. The Morgan fingerprint density at radius 3 is 2.00 bits per heavy atom. The van der Waals surface area contributed by atoms with E-state index in [0.29, 0.717) is 57.9 Å². The van der Waals surface area contributed by atoms with Gasteiger partial charge in [0.1, 0.15) is 17.4 Å². The van der Waals surface area contributed by atoms with Crippen molar-refractivity contribution in [2.45, 2.75) is 136 Å². The van der Waals surface area contributed by atoms with Crippen LogP contribution in [0.25, 0.3) is 0 Å². The molecule has 0 unspecified atom stereocenters. The maximum Gasteiger partial charge on any atom is 0.410 e. The molecular weight excluding hydrogens is 816 g/mol. The third-order valence-corrected chi connectivity index (χ3v) is 13.6. The minimum Gasteiger partial charge on any atom is -0.444 e. The second-order valence-electron chi connectivity index (χ2n) is 18.7. The van der Waals surface area contributed by atoms with Crippen molar-refractivity contribution in [1.82, 2.24) is 24.5 Å². The number of rotatable bonds is 19. The van der Waals surface area contributed by atoms with Crippen molar-refractivity contribution < 1.29 is 47.7 Å². The van der Waals surface area contributed by atoms with Gasteiger partial charge in [-0.15, -0.1) is 0 Å². The number of Topliss-reactive ketones (excluding diaryl/α,β-unsaturated/α-hetero) is 1. The number of methoxy groups -OCH3 is 2. The number of aliphatic imine (C=N–C) groups is 1. The van der Waals surface area contributed by atoms with Crippen LogP contribution in [0.2, 0.25) is 0 Å². The van der Waals surface area contributed by atoms with Gasteiger partial charge in [0, 0.05) is 80.4 Å². The Bertz CT molecular complexity index is 1690. The number of benzene rings is 1. The molecule has 2 saturated heterocycles. The number of amides is 3. The summed E-state index contributed by atoms with van der Waals surface area (Å²) in [5.74, 6) is -1.04. The van der Waals surface area contributed by atoms with Crippen molar-refractivity contribution in [3.63, 3.8) is 0 Å². The first kappa shape index (κ1) is 52.8. The Hall–Kier alpha value is -3.56. The number of guanidine groups is 1. The summed E-state index contributed by atoms with van der Waals surface area (Å²) in [5.41, 5.74) is -1.05. The molecule has 62 heavy (non-hydrogen) atoms. The van der Waals surface area contributed by atoms with Crippen molar-refractivity contribution in [2.24, 2.45) is 22.7 Å². The molecule has 8 atom stereocenters. The first-order valence-electron chi connectivity index (χ1n) is 22.2. The van der Waals surface area contributed by atoms with Crippen LogP contribution in [0.1, 0.15) is 93.1 Å². The Morgan fingerprint density at radius 2 is 1.50 bits per heavy atom. The van der Waals surface area contributed by atoms with Gasteiger partial charge >= 0.3 is 13.7 Å². The fraction of sp³-hybridized carbons (Fsp3) is 0.756. The number of likely N-dealkylation sites (N-methyl/N-ethyl adjacent to an activating group) is 1. The fourth-order valence-electron chi connectivity index (χ4n) is 8.67. The fourth-order valence-corrected chi connectivity index (χ4v) is 9.54. The number of ether oxygens (including phenoxy) is 3. The van der Waals surface area contributed by atoms with E-state index in [-0.39, 0.29) is 54.8 Å². The lowest BCUT2D eigenvalue weighted by Crippen LogP contribution is -2.56. The predicted octanol–water partition coefficient (Wildman–Crippen LogP) is 5.15. The van der Waals surface area contributed by atoms with E-state index in [4.69, 9.17) is 19.2 Å². The van der Waals surface area contributed by atoms with Gasteiger partial charge in [-0.25, -0.2) is 9.79 Å². The number of piperazine rings is 1. The van der Waals surface area contributed by atoms with Gasteiger partial charge < -0.3 is 48.5 Å². The lowest BCUT2D eigenvalue weighted by atomic mass is 9.88. The van der Waals surface area contributed by atoms with Crippen LogP contribution in [-0.4, -0.2) is 174 Å². The highest BCUT2D eigenvalue weighted by molar-refractivity contribution is 7.52. The molecule has 0 aromatic heterocycles. The molecule has 2 aliphatic heterocycles. The molecule has 352 valence electrons. The predicted molar refractivity (Wildman–Crippen MR) is 241 cm³/mol. The minimum absolute atomic E-state index is 0.0176. The van der Waals surface area contributed by atoms with Crippen LogP contribution in [-0.2, 0) is 39.6 Å². The molecule has 0 aliphatic carbocycles. The molecule has 2 heterocycles. The van der Waals surface area contributed by atoms with Crippen molar-refractivity contribution in [3.05, 3.63) is 35.9 Å². The first-order chi connectivity index (χ1) is 28.9. The van der Waals surface area contributed by atoms with Crippen molar-refractivity contribution in [3.8, 4) is 0 Å². The van der Waals surface area contributed by atoms with Crippen LogP contribution in [0.4, 0.5) is 4.79 Å². The topological polar surface area (TPSA) is 182 Å². The van der Waals surface area contributed by atoms with E-state index < -0.39 is 55.1 Å². The third kappa shape index (κ3) is 14.5. The van der Waals surface area contributed by atoms with Gasteiger partial charge in [-0.3, -0.25) is 18.9 Å². The molecule has 16 nitrogen and oxygen atoms in total. The Morgan fingerprint density at radius 1 is 0.903 bits per heavy atom. The maximum absolute atomic E-state index is 14.6. The van der Waals surface area contributed by atoms with Crippen molar-refractivity contribution >= 4 is 37.2 Å². The first-order valence-corrected chi connectivity index (χ1v) is 23.8. The minimum atomic E-state index is -4.62. The average molecular weight is 893 g/mol. The number of carbonyl (C=O) groups is 4. The van der Waals surface area contributed by atoms with E-state index in [1.54, 1.807) is 60.0 Å². The van der Waals surface area contributed by atoms with Gasteiger partial charge in [0.05, 0.1) is 36.4 Å². The zero-order valence-corrected chi connectivity index (χ0v) is 40.5. The summed E-state index contributed by atoms with van der Waals surface area (Å²) in [6, 6.07) is 7.29. The third-order valence-electron chi connectivity index (χ3n) is 12.3. The number of hydrogen-bond acceptors (Lipinski definition) is 9. The second-order valence-corrected chi connectivity index (χ2v) is 20.6. The summed E-state index contributed by atoms with van der Waals surface area (Å²) in [6.45, 7) is 17.6. The number of likely N-dealkylation sites (tertiary alicyclic amines) is 1. The summed E-state index contributed by atoms with van der Waals surface area (Å²) in [6.07, 6.45) is -0.00731. The molecule has 0 radical (unpaired) electrons. The van der Waals surface area contributed by atoms with E-state index in [9.17, 15) is 33.5 Å². The Labute approximate surface area is 370 Å². The highest BCUT2D eigenvalue weighted by atomic mass is 31.2. The standard InChI is InChI=1S/C45H77N6O10P/c1-14-31(4)40(48(11)42(54)39(30(2)3)46-43(47(9)10)49-23-25-50(26-24-49)44(55)61-45(6,7)8)37(59-12)29-38(53)51-22-18-21-35(51)41(60-13)32(5)36(52)28-34(62(56,57)58)27-33-19-16-15-17-20-33/h15-17,19-20,30-32,34-35,37,39-41H,14,18,21-29H2,1-13H3,(H2,56,57,58)/t31-,32-,34+,35-,37+,39-,40-,41+/m0/s1. The molecule has 0 spiro atoms. The number of hydrogen-bond donors (Lipinski definition) is 2. The summed E-state index contributed by atoms with van der Waals surface area (Å²) in [7, 11) is 3.97. The molecular formula is C45H77N6O10P. The number of ketones is 1. The van der Waals surface area contributed by atoms with Crippen molar-refractivity contribution in [2.75, 3.05) is 68.1 Å². The van der Waals surface area contributed by atoms with Crippen LogP contribution >= 0.6 is 7.60 Å². The van der Waals surface area contributed by atoms with Gasteiger partial charge in [-0.2, -0.15) is 0 Å². The monoisotopic (exact) mass is 893 g/mol. The molecule has 2 aliphatic rings. The van der Waals surface area contributed by atoms with Crippen molar-refractivity contribution in [1.29, 1.82) is 0 Å². The van der Waals surface area contributed by atoms with Crippen LogP contribution < -0.4 is 0 Å². The molecule has 0 bridgehead atoms. The zero-order chi connectivity index (χ0) is 46.7. The summed E-state index contributed by atoms with van der Waals surface area (Å²) < 4.78 is 30.1. The Kier molecular flexibility index (Phi) is 19.9. The summed E-state index contributed by atoms with van der Waals surface area (Å²) in [5, 5.41) is 0. The van der Waals surface area contributed by atoms with E-state index in [0.717, 1.165) is 5.56 Å². The molecule has 2 fully saturated rings. The maximum atomic E-state index is 14.6. The van der Waals surface area contributed by atoms with E-state index in [1.807, 2.05) is 73.5 Å². The average Bonchev–Trinajstić information content (AvgIpc) is 3.69. The number of carbonyl (C=O) groups excluding carboxylic acids is 4. The molecule has 1 aromatic carbocycles. The molecule has 0 saturated carbocycles. The highest BCUT2D eigenvalue weighted by Gasteiger charge is 2.44. The largest absolute Gasteiger partial charge is 0.444 e. The molecule has 3 amide bonds. The molecule has 3 rings (SSSR count). The molecule has 1 aromatic rings.